The van der Waals surface area contributed by atoms with Gasteiger partial charge in [-0.15, -0.1) is 0 Å². The normalized spacial score (nSPS) is 11.2. The molecule has 0 N–H and O–H groups in total. The van der Waals surface area contributed by atoms with Gasteiger partial charge in [0.2, 0.25) is 10.4 Å². The van der Waals surface area contributed by atoms with Crippen molar-refractivity contribution in [3.63, 3.8) is 0 Å². The molecule has 0 heterocycles. The molecule has 0 aliphatic rings. The van der Waals surface area contributed by atoms with E-state index in [0.717, 1.165) is 19.3 Å². The molecular formula is C12H23NaO4S. The van der Waals surface area contributed by atoms with Crippen molar-refractivity contribution in [2.75, 3.05) is 0 Å². The first-order valence-electron chi connectivity index (χ1n) is 6.43. The van der Waals surface area contributed by atoms with Gasteiger partial charge in [0.05, 0.1) is 0 Å². The summed E-state index contributed by atoms with van der Waals surface area (Å²) in [5.41, 5.74) is 0. The van der Waals surface area contributed by atoms with Crippen LogP contribution in [0.1, 0.15) is 71.1 Å². The fourth-order valence-electron chi connectivity index (χ4n) is 1.62. The molecule has 0 rings (SSSR count). The van der Waals surface area contributed by atoms with Crippen LogP contribution in [0.4, 0.5) is 0 Å². The molecule has 0 atom stereocenters. The molecular weight excluding hydrogens is 265 g/mol. The average Bonchev–Trinajstić information content (AvgIpc) is 2.24. The van der Waals surface area contributed by atoms with E-state index in [9.17, 15) is 13.0 Å². The molecule has 0 saturated heterocycles. The first kappa shape index (κ1) is 21.2. The Morgan fingerprint density at radius 3 is 1.83 bits per heavy atom. The number of hydrogen-bond acceptors (Lipinski definition) is 4. The molecule has 0 aliphatic heterocycles. The van der Waals surface area contributed by atoms with Gasteiger partial charge in [-0.2, -0.15) is 0 Å². The van der Waals surface area contributed by atoms with Crippen molar-refractivity contribution in [2.24, 2.45) is 0 Å². The molecule has 0 amide bonds. The summed E-state index contributed by atoms with van der Waals surface area (Å²) in [4.78, 5) is 0. The Hall–Kier alpha value is 0.870. The van der Waals surface area contributed by atoms with Gasteiger partial charge in [-0.1, -0.05) is 64.7 Å². The molecule has 0 fully saturated rings. The molecule has 0 aromatic carbocycles. The summed E-state index contributed by atoms with van der Waals surface area (Å²) in [5, 5.41) is 0. The summed E-state index contributed by atoms with van der Waals surface area (Å²) < 4.78 is 34.0. The van der Waals surface area contributed by atoms with Crippen molar-refractivity contribution < 1.29 is 46.7 Å². The van der Waals surface area contributed by atoms with E-state index < -0.39 is 10.4 Å². The fourth-order valence-corrected chi connectivity index (χ4v) is 1.85. The van der Waals surface area contributed by atoms with E-state index in [1.54, 1.807) is 0 Å². The summed E-state index contributed by atoms with van der Waals surface area (Å²) in [5.74, 6) is 0. The number of hydrogen-bond donors (Lipinski definition) is 0. The van der Waals surface area contributed by atoms with Crippen LogP contribution in [0.5, 0.6) is 0 Å². The van der Waals surface area contributed by atoms with Crippen LogP contribution in [0.15, 0.2) is 0 Å². The van der Waals surface area contributed by atoms with Crippen molar-refractivity contribution in [1.82, 2.24) is 0 Å². The first-order chi connectivity index (χ1) is 8.06. The Morgan fingerprint density at radius 1 is 0.944 bits per heavy atom. The molecule has 0 unspecified atom stereocenters. The van der Waals surface area contributed by atoms with Crippen molar-refractivity contribution >= 4 is 10.4 Å². The van der Waals surface area contributed by atoms with Gasteiger partial charge in [-0.05, 0) is 6.42 Å². The quantitative estimate of drug-likeness (QED) is 0.226. The molecule has 0 saturated carbocycles. The van der Waals surface area contributed by atoms with Gasteiger partial charge in [-0.25, -0.2) is 8.42 Å². The monoisotopic (exact) mass is 288 g/mol. The molecule has 6 heteroatoms. The third kappa shape index (κ3) is 19.2. The maximum Gasteiger partial charge on any atom is 1.00 e. The second kappa shape index (κ2) is 14.3. The SMILES string of the molecule is CCCCCCCCCCC[14C]OS(=O)(=O)[O-].[Na+]. The number of unbranched alkanes of at least 4 members (excludes halogenated alkanes) is 9. The van der Waals surface area contributed by atoms with Crippen LogP contribution >= 0.6 is 0 Å². The van der Waals surface area contributed by atoms with Crippen molar-refractivity contribution in [1.29, 1.82) is 0 Å². The van der Waals surface area contributed by atoms with Crippen molar-refractivity contribution in [3.8, 4) is 0 Å². The molecule has 18 heavy (non-hydrogen) atoms. The summed E-state index contributed by atoms with van der Waals surface area (Å²) in [7, 11) is -4.60. The Balaban J connectivity index is 0. The van der Waals surface area contributed by atoms with Crippen LogP contribution in [0.25, 0.3) is 0 Å². The number of rotatable bonds is 12. The zero-order chi connectivity index (χ0) is 13.0. The van der Waals surface area contributed by atoms with E-state index >= 15 is 0 Å². The first-order valence-corrected chi connectivity index (χ1v) is 7.76. The summed E-state index contributed by atoms with van der Waals surface area (Å²) >= 11 is 0. The van der Waals surface area contributed by atoms with E-state index in [1.807, 2.05) is 0 Å². The molecule has 0 aromatic heterocycles. The minimum atomic E-state index is -4.60. The zero-order valence-electron chi connectivity index (χ0n) is 11.6. The molecule has 0 bridgehead atoms. The van der Waals surface area contributed by atoms with E-state index in [-0.39, 0.29) is 29.6 Å². The second-order valence-corrected chi connectivity index (χ2v) is 5.20. The van der Waals surface area contributed by atoms with Gasteiger partial charge in [-0.3, -0.25) is 4.18 Å². The predicted octanol–water partition coefficient (Wildman–Crippen LogP) is 0.427. The van der Waals surface area contributed by atoms with E-state index in [0.29, 0.717) is 6.42 Å². The Labute approximate surface area is 134 Å². The third-order valence-electron chi connectivity index (χ3n) is 2.54. The summed E-state index contributed by atoms with van der Waals surface area (Å²) in [6.45, 7) is 4.35. The molecule has 2 radical (unpaired) electrons. The van der Waals surface area contributed by atoms with Crippen LogP contribution in [0, 0.1) is 6.61 Å². The second-order valence-electron chi connectivity index (χ2n) is 4.21. The Bertz CT molecular complexity index is 255. The third-order valence-corrected chi connectivity index (χ3v) is 2.87. The van der Waals surface area contributed by atoms with Crippen LogP contribution in [0.3, 0.4) is 0 Å². The smallest absolute Gasteiger partial charge is 0.726 e. The molecule has 102 valence electrons. The van der Waals surface area contributed by atoms with Crippen molar-refractivity contribution in [2.45, 2.75) is 71.1 Å². The fraction of sp³-hybridized carbons (Fsp3) is 0.917. The predicted molar refractivity (Wildman–Crippen MR) is 65.9 cm³/mol. The van der Waals surface area contributed by atoms with Crippen LogP contribution in [-0.4, -0.2) is 13.0 Å². The molecule has 0 spiro atoms. The van der Waals surface area contributed by atoms with Gasteiger partial charge in [0.1, 0.15) is 0 Å². The van der Waals surface area contributed by atoms with Gasteiger partial charge >= 0.3 is 29.6 Å². The zero-order valence-corrected chi connectivity index (χ0v) is 14.4. The van der Waals surface area contributed by atoms with Crippen LogP contribution in [0.2, 0.25) is 0 Å². The topological polar surface area (TPSA) is 66.4 Å². The van der Waals surface area contributed by atoms with Gasteiger partial charge < -0.3 is 4.55 Å². The van der Waals surface area contributed by atoms with Crippen molar-refractivity contribution in [3.05, 3.63) is 6.61 Å². The standard InChI is InChI=1S/C12H24O4S.Na/c1-2-3-4-5-6-7-8-9-10-11-12-16-17(13,14)15;/h2-11H2,1H3,(H,13,14,15);/q;+1/p-1/i12+2;. The maximum atomic E-state index is 10.1. The van der Waals surface area contributed by atoms with Gasteiger partial charge in [0.25, 0.3) is 0 Å². The molecule has 0 aliphatic carbocycles. The van der Waals surface area contributed by atoms with E-state index in [4.69, 9.17) is 0 Å². The Morgan fingerprint density at radius 2 is 1.39 bits per heavy atom. The van der Waals surface area contributed by atoms with E-state index in [1.165, 1.54) is 38.5 Å². The Kier molecular flexibility index (Phi) is 16.8. The maximum absolute atomic E-state index is 10.1. The summed E-state index contributed by atoms with van der Waals surface area (Å²) in [6.07, 6.45) is 11.1. The average molecular weight is 288 g/mol. The van der Waals surface area contributed by atoms with Gasteiger partial charge in [0.15, 0.2) is 6.61 Å². The van der Waals surface area contributed by atoms with Crippen LogP contribution in [-0.2, 0) is 14.6 Å². The minimum absolute atomic E-state index is 0. The summed E-state index contributed by atoms with van der Waals surface area (Å²) in [6, 6.07) is 0. The molecule has 4 nitrogen and oxygen atoms in total. The largest absolute Gasteiger partial charge is 1.00 e. The molecule has 0 aromatic rings. The van der Waals surface area contributed by atoms with E-state index in [2.05, 4.69) is 17.7 Å². The minimum Gasteiger partial charge on any atom is -0.726 e. The van der Waals surface area contributed by atoms with Crippen LogP contribution < -0.4 is 29.6 Å². The van der Waals surface area contributed by atoms with Gasteiger partial charge in [0, 0.05) is 0 Å².